The van der Waals surface area contributed by atoms with Crippen LogP contribution in [0.15, 0.2) is 24.4 Å². The fraction of sp³-hybridized carbons (Fsp3) is 0.100. The molecule has 0 aliphatic carbocycles. The molecule has 0 aromatic carbocycles. The van der Waals surface area contributed by atoms with Crippen molar-refractivity contribution in [1.82, 2.24) is 15.2 Å². The summed E-state index contributed by atoms with van der Waals surface area (Å²) in [5.41, 5.74) is 0.932. The molecule has 82 valence electrons. The van der Waals surface area contributed by atoms with E-state index in [-0.39, 0.29) is 5.56 Å². The van der Waals surface area contributed by atoms with E-state index in [2.05, 4.69) is 15.2 Å². The number of aromatic nitrogens is 3. The number of nitrogens with zero attached hydrogens (tertiary/aromatic N) is 2. The van der Waals surface area contributed by atoms with Gasteiger partial charge in [0.2, 0.25) is 5.88 Å². The third-order valence-electron chi connectivity index (χ3n) is 2.06. The molecule has 2 aromatic heterocycles. The smallest absolute Gasteiger partial charge is 0.339 e. The lowest BCUT2D eigenvalue weighted by Gasteiger charge is -2.02. The maximum Gasteiger partial charge on any atom is 0.339 e. The zero-order chi connectivity index (χ0) is 11.5. The zero-order valence-corrected chi connectivity index (χ0v) is 8.47. The van der Waals surface area contributed by atoms with Crippen LogP contribution in [0.3, 0.4) is 0 Å². The molecule has 0 spiro atoms. The summed E-state index contributed by atoms with van der Waals surface area (Å²) in [6.45, 7) is 0. The summed E-state index contributed by atoms with van der Waals surface area (Å²) in [4.78, 5) is 15.0. The molecule has 0 atom stereocenters. The molecule has 6 nitrogen and oxygen atoms in total. The molecule has 0 saturated heterocycles. The average molecular weight is 219 g/mol. The van der Waals surface area contributed by atoms with Crippen LogP contribution in [0, 0.1) is 0 Å². The number of carbonyl (C=O) groups is 1. The number of rotatable bonds is 3. The van der Waals surface area contributed by atoms with Gasteiger partial charge in [0, 0.05) is 6.07 Å². The highest BCUT2D eigenvalue weighted by molar-refractivity contribution is 5.93. The molecule has 0 aliphatic heterocycles. The van der Waals surface area contributed by atoms with Crippen LogP contribution in [-0.4, -0.2) is 33.4 Å². The number of aromatic carboxylic acids is 1. The largest absolute Gasteiger partial charge is 0.481 e. The van der Waals surface area contributed by atoms with E-state index in [9.17, 15) is 4.79 Å². The lowest BCUT2D eigenvalue weighted by atomic mass is 10.2. The Labute approximate surface area is 90.9 Å². The minimum atomic E-state index is -1.05. The Balaban J connectivity index is 2.50. The van der Waals surface area contributed by atoms with E-state index in [0.29, 0.717) is 17.3 Å². The van der Waals surface area contributed by atoms with Crippen molar-refractivity contribution in [2.75, 3.05) is 7.11 Å². The molecule has 0 fully saturated rings. The number of methoxy groups -OCH3 is 1. The maximum atomic E-state index is 10.9. The van der Waals surface area contributed by atoms with Gasteiger partial charge in [-0.15, -0.1) is 0 Å². The summed E-state index contributed by atoms with van der Waals surface area (Å²) in [7, 11) is 1.50. The van der Waals surface area contributed by atoms with Crippen LogP contribution in [0.1, 0.15) is 10.4 Å². The Morgan fingerprint density at radius 3 is 3.00 bits per heavy atom. The van der Waals surface area contributed by atoms with Gasteiger partial charge in [0.25, 0.3) is 0 Å². The molecular formula is C10H9N3O3. The normalized spacial score (nSPS) is 10.1. The van der Waals surface area contributed by atoms with E-state index in [4.69, 9.17) is 9.84 Å². The zero-order valence-electron chi connectivity index (χ0n) is 8.47. The number of hydrogen-bond acceptors (Lipinski definition) is 4. The van der Waals surface area contributed by atoms with Crippen LogP contribution >= 0.6 is 0 Å². The van der Waals surface area contributed by atoms with Gasteiger partial charge in [-0.1, -0.05) is 6.07 Å². The van der Waals surface area contributed by atoms with Crippen LogP contribution in [0.5, 0.6) is 5.88 Å². The molecular weight excluding hydrogens is 210 g/mol. The maximum absolute atomic E-state index is 10.9. The Bertz CT molecular complexity index is 522. The summed E-state index contributed by atoms with van der Waals surface area (Å²) < 4.78 is 4.96. The first-order chi connectivity index (χ1) is 7.72. The minimum absolute atomic E-state index is 0.0840. The number of ether oxygens (including phenoxy) is 1. The Morgan fingerprint density at radius 1 is 1.50 bits per heavy atom. The third-order valence-corrected chi connectivity index (χ3v) is 2.06. The van der Waals surface area contributed by atoms with Gasteiger partial charge in [0.05, 0.1) is 24.7 Å². The van der Waals surface area contributed by atoms with E-state index in [1.54, 1.807) is 18.2 Å². The summed E-state index contributed by atoms with van der Waals surface area (Å²) in [5.74, 6) is -0.628. The molecule has 0 bridgehead atoms. The first-order valence-corrected chi connectivity index (χ1v) is 4.50. The molecule has 2 rings (SSSR count). The molecule has 6 heteroatoms. The lowest BCUT2D eigenvalue weighted by Crippen LogP contribution is -1.98. The predicted octanol–water partition coefficient (Wildman–Crippen LogP) is 1.18. The summed E-state index contributed by atoms with van der Waals surface area (Å²) >= 11 is 0. The van der Waals surface area contributed by atoms with Crippen LogP contribution in [-0.2, 0) is 0 Å². The monoisotopic (exact) mass is 219 g/mol. The van der Waals surface area contributed by atoms with Crippen molar-refractivity contribution < 1.29 is 14.6 Å². The molecule has 0 aliphatic rings. The van der Waals surface area contributed by atoms with Crippen molar-refractivity contribution in [2.45, 2.75) is 0 Å². The quantitative estimate of drug-likeness (QED) is 0.809. The molecule has 16 heavy (non-hydrogen) atoms. The van der Waals surface area contributed by atoms with Crippen LogP contribution in [0.25, 0.3) is 11.4 Å². The summed E-state index contributed by atoms with van der Waals surface area (Å²) in [5, 5.41) is 15.2. The van der Waals surface area contributed by atoms with Crippen molar-refractivity contribution in [3.63, 3.8) is 0 Å². The SMILES string of the molecule is COc1cccc(-c2[nH]ncc2C(=O)O)n1. The number of aromatic amines is 1. The van der Waals surface area contributed by atoms with Gasteiger partial charge in [-0.25, -0.2) is 9.78 Å². The highest BCUT2D eigenvalue weighted by Crippen LogP contribution is 2.20. The Hall–Kier alpha value is -2.37. The fourth-order valence-electron chi connectivity index (χ4n) is 1.31. The van der Waals surface area contributed by atoms with Gasteiger partial charge in [-0.3, -0.25) is 5.10 Å². The van der Waals surface area contributed by atoms with E-state index >= 15 is 0 Å². The van der Waals surface area contributed by atoms with Crippen LogP contribution in [0.2, 0.25) is 0 Å². The lowest BCUT2D eigenvalue weighted by molar-refractivity contribution is 0.0698. The van der Waals surface area contributed by atoms with Crippen molar-refractivity contribution in [3.8, 4) is 17.3 Å². The second-order valence-electron chi connectivity index (χ2n) is 3.03. The molecule has 2 aromatic rings. The van der Waals surface area contributed by atoms with E-state index in [0.717, 1.165) is 0 Å². The highest BCUT2D eigenvalue weighted by atomic mass is 16.5. The molecule has 0 saturated carbocycles. The van der Waals surface area contributed by atoms with Gasteiger partial charge >= 0.3 is 5.97 Å². The second kappa shape index (κ2) is 4.01. The molecule has 2 heterocycles. The molecule has 0 unspecified atom stereocenters. The van der Waals surface area contributed by atoms with Gasteiger partial charge in [0.15, 0.2) is 0 Å². The Morgan fingerprint density at radius 2 is 2.31 bits per heavy atom. The van der Waals surface area contributed by atoms with Gasteiger partial charge in [-0.05, 0) is 6.07 Å². The second-order valence-corrected chi connectivity index (χ2v) is 3.03. The van der Waals surface area contributed by atoms with Gasteiger partial charge in [-0.2, -0.15) is 5.10 Å². The van der Waals surface area contributed by atoms with Crippen LogP contribution < -0.4 is 4.74 Å². The van der Waals surface area contributed by atoms with Crippen molar-refractivity contribution >= 4 is 5.97 Å². The third kappa shape index (κ3) is 1.72. The van der Waals surface area contributed by atoms with Crippen molar-refractivity contribution in [1.29, 1.82) is 0 Å². The number of hydrogen-bond donors (Lipinski definition) is 2. The van der Waals surface area contributed by atoms with Crippen molar-refractivity contribution in [3.05, 3.63) is 30.0 Å². The van der Waals surface area contributed by atoms with E-state index < -0.39 is 5.97 Å². The van der Waals surface area contributed by atoms with Gasteiger partial charge < -0.3 is 9.84 Å². The number of H-pyrrole nitrogens is 1. The van der Waals surface area contributed by atoms with Crippen molar-refractivity contribution in [2.24, 2.45) is 0 Å². The number of pyridine rings is 1. The number of carboxylic acids is 1. The molecule has 0 amide bonds. The summed E-state index contributed by atoms with van der Waals surface area (Å²) in [6.07, 6.45) is 1.25. The number of nitrogens with one attached hydrogen (secondary N) is 1. The van der Waals surface area contributed by atoms with E-state index in [1.165, 1.54) is 13.3 Å². The van der Waals surface area contributed by atoms with Gasteiger partial charge in [0.1, 0.15) is 5.56 Å². The van der Waals surface area contributed by atoms with Crippen LogP contribution in [0.4, 0.5) is 0 Å². The first-order valence-electron chi connectivity index (χ1n) is 4.50. The molecule has 2 N–H and O–H groups in total. The first kappa shape index (κ1) is 10.2. The minimum Gasteiger partial charge on any atom is -0.481 e. The molecule has 0 radical (unpaired) electrons. The standard InChI is InChI=1S/C10H9N3O3/c1-16-8-4-2-3-7(12-8)9-6(10(14)15)5-11-13-9/h2-5H,1H3,(H,11,13)(H,14,15). The summed E-state index contributed by atoms with van der Waals surface area (Å²) in [6, 6.07) is 5.09. The fourth-order valence-corrected chi connectivity index (χ4v) is 1.31. The highest BCUT2D eigenvalue weighted by Gasteiger charge is 2.15. The predicted molar refractivity (Wildman–Crippen MR) is 55.3 cm³/mol. The Kier molecular flexibility index (Phi) is 2.55. The number of carboxylic acid groups (broad SMARTS) is 1. The average Bonchev–Trinajstić information content (AvgIpc) is 2.78. The topological polar surface area (TPSA) is 88.1 Å². The van der Waals surface area contributed by atoms with E-state index in [1.807, 2.05) is 0 Å².